The van der Waals surface area contributed by atoms with Crippen LogP contribution in [0.25, 0.3) is 0 Å². The normalized spacial score (nSPS) is 11.8. The first-order valence-corrected chi connectivity index (χ1v) is 5.43. The zero-order chi connectivity index (χ0) is 9.19. The van der Waals surface area contributed by atoms with E-state index in [0.29, 0.717) is 6.54 Å². The van der Waals surface area contributed by atoms with Crippen LogP contribution in [0, 0.1) is 0 Å². The van der Waals surface area contributed by atoms with Crippen LogP contribution in [0.1, 0.15) is 5.69 Å². The van der Waals surface area contributed by atoms with E-state index in [2.05, 4.69) is 4.72 Å². The van der Waals surface area contributed by atoms with Gasteiger partial charge in [-0.3, -0.25) is 0 Å². The maximum absolute atomic E-state index is 10.7. The van der Waals surface area contributed by atoms with E-state index < -0.39 is 10.0 Å². The van der Waals surface area contributed by atoms with Crippen molar-refractivity contribution in [2.45, 2.75) is 6.54 Å². The summed E-state index contributed by atoms with van der Waals surface area (Å²) in [6.45, 7) is 0.350. The lowest BCUT2D eigenvalue weighted by Gasteiger charge is -2.03. The quantitative estimate of drug-likeness (QED) is 0.730. The van der Waals surface area contributed by atoms with E-state index in [0.717, 1.165) is 11.9 Å². The van der Waals surface area contributed by atoms with Crippen LogP contribution in [0.15, 0.2) is 18.3 Å². The topological polar surface area (TPSA) is 51.1 Å². The Morgan fingerprint density at radius 1 is 1.58 bits per heavy atom. The average molecular weight is 188 g/mol. The second-order valence-corrected chi connectivity index (χ2v) is 4.54. The second-order valence-electron chi connectivity index (χ2n) is 2.70. The Labute approximate surface area is 72.3 Å². The number of nitrogens with one attached hydrogen (secondary N) is 1. The fraction of sp³-hybridized carbons (Fsp3) is 0.429. The van der Waals surface area contributed by atoms with Crippen molar-refractivity contribution in [3.63, 3.8) is 0 Å². The average Bonchev–Trinajstić information content (AvgIpc) is 2.29. The van der Waals surface area contributed by atoms with Gasteiger partial charge >= 0.3 is 0 Å². The fourth-order valence-corrected chi connectivity index (χ4v) is 1.30. The Bertz CT molecular complexity index is 353. The van der Waals surface area contributed by atoms with Gasteiger partial charge in [-0.05, 0) is 12.1 Å². The van der Waals surface area contributed by atoms with Gasteiger partial charge in [0, 0.05) is 18.9 Å². The van der Waals surface area contributed by atoms with Gasteiger partial charge in [-0.1, -0.05) is 0 Å². The molecule has 0 spiro atoms. The molecule has 12 heavy (non-hydrogen) atoms. The summed E-state index contributed by atoms with van der Waals surface area (Å²) >= 11 is 0. The molecule has 0 bridgehead atoms. The number of aromatic nitrogens is 1. The molecule has 0 fully saturated rings. The summed E-state index contributed by atoms with van der Waals surface area (Å²) in [5.74, 6) is 0. The minimum absolute atomic E-state index is 0.350. The highest BCUT2D eigenvalue weighted by atomic mass is 32.2. The van der Waals surface area contributed by atoms with Crippen LogP contribution < -0.4 is 4.72 Å². The van der Waals surface area contributed by atoms with E-state index in [1.165, 1.54) is 0 Å². The Morgan fingerprint density at radius 3 is 2.67 bits per heavy atom. The molecule has 0 amide bonds. The summed E-state index contributed by atoms with van der Waals surface area (Å²) in [5.41, 5.74) is 0.945. The zero-order valence-electron chi connectivity index (χ0n) is 7.11. The van der Waals surface area contributed by atoms with Crippen LogP contribution in [-0.2, 0) is 23.6 Å². The van der Waals surface area contributed by atoms with Crippen molar-refractivity contribution in [3.8, 4) is 0 Å². The Hall–Kier alpha value is -0.810. The highest BCUT2D eigenvalue weighted by Gasteiger charge is 2.01. The first-order chi connectivity index (χ1) is 5.49. The Morgan fingerprint density at radius 2 is 2.25 bits per heavy atom. The van der Waals surface area contributed by atoms with Gasteiger partial charge in [0.25, 0.3) is 0 Å². The van der Waals surface area contributed by atoms with Crippen LogP contribution in [0.2, 0.25) is 0 Å². The summed E-state index contributed by atoms with van der Waals surface area (Å²) < 4.78 is 25.7. The number of sulfonamides is 1. The molecule has 0 saturated carbocycles. The molecule has 1 heterocycles. The predicted molar refractivity (Wildman–Crippen MR) is 47.1 cm³/mol. The monoisotopic (exact) mass is 188 g/mol. The van der Waals surface area contributed by atoms with Crippen LogP contribution in [0.3, 0.4) is 0 Å². The fourth-order valence-electron chi connectivity index (χ4n) is 0.885. The second kappa shape index (κ2) is 3.28. The van der Waals surface area contributed by atoms with Gasteiger partial charge in [-0.2, -0.15) is 0 Å². The summed E-state index contributed by atoms with van der Waals surface area (Å²) in [5, 5.41) is 0. The number of hydrogen-bond donors (Lipinski definition) is 1. The van der Waals surface area contributed by atoms with E-state index in [1.807, 2.05) is 29.9 Å². The van der Waals surface area contributed by atoms with Crippen LogP contribution in [-0.4, -0.2) is 19.2 Å². The van der Waals surface area contributed by atoms with Gasteiger partial charge in [-0.25, -0.2) is 13.1 Å². The molecule has 68 valence electrons. The lowest BCUT2D eigenvalue weighted by atomic mass is 10.4. The van der Waals surface area contributed by atoms with E-state index >= 15 is 0 Å². The predicted octanol–water partition coefficient (Wildman–Crippen LogP) is 0.0743. The molecule has 0 saturated heterocycles. The molecular weight excluding hydrogens is 176 g/mol. The molecule has 0 aliphatic carbocycles. The molecule has 0 aromatic carbocycles. The third-order valence-electron chi connectivity index (χ3n) is 1.57. The molecule has 1 rings (SSSR count). The van der Waals surface area contributed by atoms with Gasteiger partial charge < -0.3 is 4.57 Å². The van der Waals surface area contributed by atoms with Crippen molar-refractivity contribution in [1.82, 2.24) is 9.29 Å². The van der Waals surface area contributed by atoms with Gasteiger partial charge in [0.15, 0.2) is 0 Å². The van der Waals surface area contributed by atoms with Crippen LogP contribution in [0.4, 0.5) is 0 Å². The summed E-state index contributed by atoms with van der Waals surface area (Å²) in [7, 11) is -1.21. The zero-order valence-corrected chi connectivity index (χ0v) is 7.93. The van der Waals surface area contributed by atoms with Crippen LogP contribution in [0.5, 0.6) is 0 Å². The van der Waals surface area contributed by atoms with E-state index in [4.69, 9.17) is 0 Å². The smallest absolute Gasteiger partial charge is 0.209 e. The first-order valence-electron chi connectivity index (χ1n) is 3.54. The molecule has 4 nitrogen and oxygen atoms in total. The van der Waals surface area contributed by atoms with Crippen molar-refractivity contribution in [3.05, 3.63) is 24.0 Å². The number of nitrogens with zero attached hydrogens (tertiary/aromatic N) is 1. The lowest BCUT2D eigenvalue weighted by molar-refractivity contribution is 0.585. The van der Waals surface area contributed by atoms with Gasteiger partial charge in [0.1, 0.15) is 0 Å². The molecule has 1 aromatic heterocycles. The number of aryl methyl sites for hydroxylation is 1. The standard InChI is InChI=1S/C7H12N2O2S/c1-9-5-3-4-7(9)6-8-12(2,10)11/h3-5,8H,6H2,1-2H3. The highest BCUT2D eigenvalue weighted by Crippen LogP contribution is 1.98. The largest absolute Gasteiger partial charge is 0.353 e. The molecule has 1 N–H and O–H groups in total. The minimum atomic E-state index is -3.08. The third kappa shape index (κ3) is 2.67. The number of hydrogen-bond acceptors (Lipinski definition) is 2. The molecule has 5 heteroatoms. The minimum Gasteiger partial charge on any atom is -0.353 e. The maximum Gasteiger partial charge on any atom is 0.209 e. The SMILES string of the molecule is Cn1cccc1CNS(C)(=O)=O. The Balaban J connectivity index is 2.61. The molecular formula is C7H12N2O2S. The molecule has 0 aliphatic heterocycles. The molecule has 0 radical (unpaired) electrons. The van der Waals surface area contributed by atoms with Gasteiger partial charge in [0.05, 0.1) is 12.8 Å². The van der Waals surface area contributed by atoms with Crippen molar-refractivity contribution >= 4 is 10.0 Å². The first kappa shape index (κ1) is 9.28. The molecule has 0 atom stereocenters. The van der Waals surface area contributed by atoms with Crippen LogP contribution >= 0.6 is 0 Å². The van der Waals surface area contributed by atoms with Crippen molar-refractivity contribution in [2.24, 2.45) is 7.05 Å². The Kier molecular flexibility index (Phi) is 2.54. The lowest BCUT2D eigenvalue weighted by Crippen LogP contribution is -2.22. The summed E-state index contributed by atoms with van der Waals surface area (Å²) in [6.07, 6.45) is 3.02. The van der Waals surface area contributed by atoms with E-state index in [-0.39, 0.29) is 0 Å². The van der Waals surface area contributed by atoms with E-state index in [1.54, 1.807) is 0 Å². The summed E-state index contributed by atoms with van der Waals surface area (Å²) in [6, 6.07) is 3.75. The summed E-state index contributed by atoms with van der Waals surface area (Å²) in [4.78, 5) is 0. The van der Waals surface area contributed by atoms with E-state index in [9.17, 15) is 8.42 Å². The van der Waals surface area contributed by atoms with Crippen molar-refractivity contribution < 1.29 is 8.42 Å². The highest BCUT2D eigenvalue weighted by molar-refractivity contribution is 7.88. The molecule has 1 aromatic rings. The molecule has 0 unspecified atom stereocenters. The third-order valence-corrected chi connectivity index (χ3v) is 2.24. The van der Waals surface area contributed by atoms with Crippen molar-refractivity contribution in [2.75, 3.05) is 6.26 Å². The van der Waals surface area contributed by atoms with Gasteiger partial charge in [-0.15, -0.1) is 0 Å². The molecule has 0 aliphatic rings. The van der Waals surface area contributed by atoms with Crippen molar-refractivity contribution in [1.29, 1.82) is 0 Å². The maximum atomic E-state index is 10.7. The number of rotatable bonds is 3. The van der Waals surface area contributed by atoms with Gasteiger partial charge in [0.2, 0.25) is 10.0 Å².